The van der Waals surface area contributed by atoms with Crippen LogP contribution in [0.15, 0.2) is 12.1 Å². The molecule has 2 atom stereocenters. The number of fused-ring (bicyclic) bond motifs is 1. The highest BCUT2D eigenvalue weighted by Crippen LogP contribution is 2.36. The summed E-state index contributed by atoms with van der Waals surface area (Å²) in [5.41, 5.74) is 0.645. The molecule has 2 aliphatic heterocycles. The molecule has 1 saturated heterocycles. The van der Waals surface area contributed by atoms with Crippen molar-refractivity contribution >= 4 is 11.6 Å². The number of halogens is 2. The Balaban J connectivity index is 1.72. The zero-order valence-corrected chi connectivity index (χ0v) is 13.0. The second-order valence-electron chi connectivity index (χ2n) is 6.17. The summed E-state index contributed by atoms with van der Waals surface area (Å²) in [5.74, 6) is 0.830. The van der Waals surface area contributed by atoms with Crippen LogP contribution in [0.1, 0.15) is 24.5 Å². The van der Waals surface area contributed by atoms with Crippen molar-refractivity contribution in [2.75, 3.05) is 26.4 Å². The maximum absolute atomic E-state index is 15.0. The van der Waals surface area contributed by atoms with Gasteiger partial charge >= 0.3 is 0 Å². The molecule has 116 valence electrons. The second-order valence-corrected chi connectivity index (χ2v) is 6.61. The Bertz CT molecular complexity index is 515. The van der Waals surface area contributed by atoms with Crippen LogP contribution in [0.4, 0.5) is 4.39 Å². The van der Waals surface area contributed by atoms with Crippen molar-refractivity contribution in [2.45, 2.75) is 37.9 Å². The molecule has 1 N–H and O–H groups in total. The molecule has 3 rings (SSSR count). The monoisotopic (exact) mass is 313 g/mol. The first-order chi connectivity index (χ1) is 10.0. The lowest BCUT2D eigenvalue weighted by Crippen LogP contribution is -2.45. The van der Waals surface area contributed by atoms with Gasteiger partial charge in [0.15, 0.2) is 0 Å². The highest BCUT2D eigenvalue weighted by molar-refractivity contribution is 6.30. The Kier molecular flexibility index (Phi) is 4.38. The van der Waals surface area contributed by atoms with Crippen LogP contribution in [0.2, 0.25) is 5.02 Å². The summed E-state index contributed by atoms with van der Waals surface area (Å²) in [7, 11) is 0. The fourth-order valence-corrected chi connectivity index (χ4v) is 3.47. The van der Waals surface area contributed by atoms with Crippen LogP contribution >= 0.6 is 11.6 Å². The molecule has 21 heavy (non-hydrogen) atoms. The molecule has 1 aromatic rings. The summed E-state index contributed by atoms with van der Waals surface area (Å²) in [6.07, 6.45) is 1.59. The molecule has 0 radical (unpaired) electrons. The zero-order valence-electron chi connectivity index (χ0n) is 12.3. The van der Waals surface area contributed by atoms with Gasteiger partial charge in [-0.25, -0.2) is 4.39 Å². The van der Waals surface area contributed by atoms with E-state index in [2.05, 4.69) is 5.32 Å². The van der Waals surface area contributed by atoms with Crippen LogP contribution in [0.3, 0.4) is 0 Å². The summed E-state index contributed by atoms with van der Waals surface area (Å²) in [6, 6.07) is 3.82. The van der Waals surface area contributed by atoms with Crippen molar-refractivity contribution in [1.29, 1.82) is 0 Å². The van der Waals surface area contributed by atoms with Crippen molar-refractivity contribution in [1.82, 2.24) is 5.32 Å². The van der Waals surface area contributed by atoms with E-state index in [4.69, 9.17) is 21.1 Å². The lowest BCUT2D eigenvalue weighted by atomic mass is 9.90. The SMILES string of the molecule is CC(F)(Cc1cc(Cl)cc2c1OCC2)CC1COCCN1. The number of benzene rings is 1. The predicted molar refractivity (Wildman–Crippen MR) is 81.1 cm³/mol. The fourth-order valence-electron chi connectivity index (χ4n) is 3.21. The average Bonchev–Trinajstić information content (AvgIpc) is 2.87. The summed E-state index contributed by atoms with van der Waals surface area (Å²) >= 11 is 6.14. The maximum atomic E-state index is 15.0. The van der Waals surface area contributed by atoms with Crippen LogP contribution in [0.25, 0.3) is 0 Å². The number of hydrogen-bond donors (Lipinski definition) is 1. The van der Waals surface area contributed by atoms with Crippen LogP contribution in [-0.2, 0) is 17.6 Å². The van der Waals surface area contributed by atoms with Crippen LogP contribution in [-0.4, -0.2) is 38.1 Å². The largest absolute Gasteiger partial charge is 0.493 e. The Labute approximate surface area is 129 Å². The number of hydrogen-bond acceptors (Lipinski definition) is 3. The summed E-state index contributed by atoms with van der Waals surface area (Å²) in [5, 5.41) is 3.96. The van der Waals surface area contributed by atoms with Gasteiger partial charge in [0.2, 0.25) is 0 Å². The quantitative estimate of drug-likeness (QED) is 0.927. The molecule has 5 heteroatoms. The van der Waals surface area contributed by atoms with Gasteiger partial charge in [-0.15, -0.1) is 0 Å². The lowest BCUT2D eigenvalue weighted by molar-refractivity contribution is 0.0482. The van der Waals surface area contributed by atoms with Crippen molar-refractivity contribution in [3.8, 4) is 5.75 Å². The summed E-state index contributed by atoms with van der Waals surface area (Å²) < 4.78 is 26.0. The van der Waals surface area contributed by atoms with E-state index in [1.807, 2.05) is 12.1 Å². The van der Waals surface area contributed by atoms with E-state index in [1.165, 1.54) is 0 Å². The van der Waals surface area contributed by atoms with E-state index in [0.717, 1.165) is 29.8 Å². The number of morpholine rings is 1. The van der Waals surface area contributed by atoms with Gasteiger partial charge in [0.1, 0.15) is 11.4 Å². The third-order valence-corrected chi connectivity index (χ3v) is 4.27. The molecule has 0 aromatic heterocycles. The van der Waals surface area contributed by atoms with Crippen LogP contribution in [0, 0.1) is 0 Å². The smallest absolute Gasteiger partial charge is 0.126 e. The number of rotatable bonds is 4. The van der Waals surface area contributed by atoms with E-state index in [1.54, 1.807) is 6.92 Å². The molecule has 1 fully saturated rings. The number of nitrogens with one attached hydrogen (secondary N) is 1. The zero-order chi connectivity index (χ0) is 14.9. The standard InChI is InChI=1S/C16H21ClFNO2/c1-16(18,9-14-10-20-5-3-19-14)8-12-7-13(17)6-11-2-4-21-15(11)12/h6-7,14,19H,2-5,8-10H2,1H3. The highest BCUT2D eigenvalue weighted by atomic mass is 35.5. The van der Waals surface area contributed by atoms with Gasteiger partial charge in [0, 0.05) is 30.5 Å². The fraction of sp³-hybridized carbons (Fsp3) is 0.625. The molecule has 0 saturated carbocycles. The Hall–Kier alpha value is -0.840. The van der Waals surface area contributed by atoms with Crippen molar-refractivity contribution < 1.29 is 13.9 Å². The second kappa shape index (κ2) is 6.11. The van der Waals surface area contributed by atoms with Crippen molar-refractivity contribution in [2.24, 2.45) is 0 Å². The normalized spacial score (nSPS) is 24.2. The number of alkyl halides is 1. The molecule has 3 nitrogen and oxygen atoms in total. The first-order valence-electron chi connectivity index (χ1n) is 7.48. The van der Waals surface area contributed by atoms with Gasteiger partial charge in [-0.2, -0.15) is 0 Å². The van der Waals surface area contributed by atoms with E-state index < -0.39 is 5.67 Å². The topological polar surface area (TPSA) is 30.5 Å². The molecular weight excluding hydrogens is 293 g/mol. The number of ether oxygens (including phenoxy) is 2. The molecule has 0 spiro atoms. The molecule has 2 unspecified atom stereocenters. The van der Waals surface area contributed by atoms with Gasteiger partial charge in [0.25, 0.3) is 0 Å². The highest BCUT2D eigenvalue weighted by Gasteiger charge is 2.31. The third kappa shape index (κ3) is 3.68. The Morgan fingerprint density at radius 2 is 2.29 bits per heavy atom. The Morgan fingerprint density at radius 3 is 3.05 bits per heavy atom. The van der Waals surface area contributed by atoms with Gasteiger partial charge < -0.3 is 14.8 Å². The minimum Gasteiger partial charge on any atom is -0.493 e. The molecule has 0 amide bonds. The first kappa shape index (κ1) is 15.1. The van der Waals surface area contributed by atoms with E-state index in [0.29, 0.717) is 37.7 Å². The average molecular weight is 314 g/mol. The van der Waals surface area contributed by atoms with Crippen LogP contribution < -0.4 is 10.1 Å². The van der Waals surface area contributed by atoms with Crippen molar-refractivity contribution in [3.63, 3.8) is 0 Å². The van der Waals surface area contributed by atoms with E-state index >= 15 is 0 Å². The van der Waals surface area contributed by atoms with Gasteiger partial charge in [-0.05, 0) is 36.6 Å². The molecule has 2 aliphatic rings. The van der Waals surface area contributed by atoms with Gasteiger partial charge in [-0.1, -0.05) is 11.6 Å². The third-order valence-electron chi connectivity index (χ3n) is 4.05. The van der Waals surface area contributed by atoms with Crippen LogP contribution in [0.5, 0.6) is 5.75 Å². The summed E-state index contributed by atoms with van der Waals surface area (Å²) in [4.78, 5) is 0. The molecule has 1 aromatic carbocycles. The molecular formula is C16H21ClFNO2. The molecule has 0 aliphatic carbocycles. The molecule has 2 heterocycles. The van der Waals surface area contributed by atoms with Crippen molar-refractivity contribution in [3.05, 3.63) is 28.3 Å². The Morgan fingerprint density at radius 1 is 1.43 bits per heavy atom. The first-order valence-corrected chi connectivity index (χ1v) is 7.85. The minimum absolute atomic E-state index is 0.0712. The van der Waals surface area contributed by atoms with Gasteiger partial charge in [0.05, 0.1) is 19.8 Å². The minimum atomic E-state index is -1.32. The van der Waals surface area contributed by atoms with E-state index in [9.17, 15) is 4.39 Å². The lowest BCUT2D eigenvalue weighted by Gasteiger charge is -2.30. The molecule has 0 bridgehead atoms. The van der Waals surface area contributed by atoms with Gasteiger partial charge in [-0.3, -0.25) is 0 Å². The van der Waals surface area contributed by atoms with E-state index in [-0.39, 0.29) is 6.04 Å². The summed E-state index contributed by atoms with van der Waals surface area (Å²) in [6.45, 7) is 4.37. The predicted octanol–water partition coefficient (Wildman–Crippen LogP) is 2.92. The maximum Gasteiger partial charge on any atom is 0.126 e.